The molecule has 0 heterocycles. The van der Waals surface area contributed by atoms with Crippen LogP contribution in [0.3, 0.4) is 0 Å². The van der Waals surface area contributed by atoms with Crippen LogP contribution in [0.15, 0.2) is 0 Å². The van der Waals surface area contributed by atoms with Gasteiger partial charge in [0.1, 0.15) is 0 Å². The molecule has 0 aliphatic rings. The van der Waals surface area contributed by atoms with E-state index in [0.29, 0.717) is 0 Å². The van der Waals surface area contributed by atoms with Crippen molar-refractivity contribution >= 4 is 0 Å². The normalized spacial score (nSPS) is 6.92. The summed E-state index contributed by atoms with van der Waals surface area (Å²) in [6.07, 6.45) is 2.29. The van der Waals surface area contributed by atoms with Gasteiger partial charge in [-0.05, 0) is 0 Å². The molecule has 0 fully saturated rings. The van der Waals surface area contributed by atoms with Crippen LogP contribution in [0, 0.1) is 0 Å². The van der Waals surface area contributed by atoms with Crippen LogP contribution in [-0.4, -0.2) is 19.8 Å². The second-order valence-electron chi connectivity index (χ2n) is 2.11. The predicted molar refractivity (Wildman–Crippen MR) is 45.5 cm³/mol. The van der Waals surface area contributed by atoms with E-state index >= 15 is 0 Å². The van der Waals surface area contributed by atoms with Gasteiger partial charge in [-0.15, -0.1) is 19.8 Å². The number of hydrogen-bond donors (Lipinski definition) is 0. The zero-order valence-electron chi connectivity index (χ0n) is 8.80. The van der Waals surface area contributed by atoms with Crippen LogP contribution in [0.25, 0.3) is 0 Å². The van der Waals surface area contributed by atoms with Crippen molar-refractivity contribution in [3.63, 3.8) is 0 Å². The first-order chi connectivity index (χ1) is 5.74. The van der Waals surface area contributed by atoms with Crippen molar-refractivity contribution in [3.05, 3.63) is 0 Å². The Labute approximate surface area is 94.9 Å². The third-order valence-corrected chi connectivity index (χ3v) is 0.612. The van der Waals surface area contributed by atoms with E-state index in [1.54, 1.807) is 0 Å². The van der Waals surface area contributed by atoms with Gasteiger partial charge in [0.05, 0.1) is 0 Å². The summed E-state index contributed by atoms with van der Waals surface area (Å²) in [6.45, 7) is 5.81. The van der Waals surface area contributed by atoms with Gasteiger partial charge in [-0.2, -0.15) is 0 Å². The van der Waals surface area contributed by atoms with E-state index in [-0.39, 0.29) is 39.3 Å². The molecule has 0 aromatic carbocycles. The molecule has 0 amide bonds. The molecule has 0 aliphatic heterocycles. The quantitative estimate of drug-likeness (QED) is 0.640. The molecule has 0 bridgehead atoms. The van der Waals surface area contributed by atoms with Crippen LogP contribution in [0.1, 0.15) is 40.0 Å². The van der Waals surface area contributed by atoms with Crippen LogP contribution in [-0.2, 0) is 19.5 Å². The molecule has 0 aromatic rings. The fraction of sp³-hybridized carbons (Fsp3) is 1.00. The Hall–Kier alpha value is 0.503. The molecular formula is C9H21O3Rh. The van der Waals surface area contributed by atoms with Gasteiger partial charge in [0.25, 0.3) is 0 Å². The van der Waals surface area contributed by atoms with E-state index in [4.69, 9.17) is 0 Å². The molecule has 4 heteroatoms. The van der Waals surface area contributed by atoms with Crippen LogP contribution in [0.2, 0.25) is 0 Å². The summed E-state index contributed by atoms with van der Waals surface area (Å²) >= 11 is 0. The Bertz CT molecular complexity index is 30.3. The molecule has 0 N–H and O–H groups in total. The van der Waals surface area contributed by atoms with Crippen molar-refractivity contribution in [1.82, 2.24) is 0 Å². The summed E-state index contributed by atoms with van der Waals surface area (Å²) in [5.41, 5.74) is 0. The Morgan fingerprint density at radius 1 is 0.615 bits per heavy atom. The maximum atomic E-state index is 9.30. The maximum absolute atomic E-state index is 9.30. The van der Waals surface area contributed by atoms with E-state index in [1.807, 2.05) is 20.8 Å². The first-order valence-corrected chi connectivity index (χ1v) is 4.49. The van der Waals surface area contributed by atoms with Gasteiger partial charge >= 0.3 is 19.5 Å². The average Bonchev–Trinajstić information content (AvgIpc) is 2.18. The van der Waals surface area contributed by atoms with Crippen LogP contribution in [0.5, 0.6) is 0 Å². The van der Waals surface area contributed by atoms with Crippen LogP contribution < -0.4 is 15.3 Å². The van der Waals surface area contributed by atoms with E-state index < -0.39 is 0 Å². The molecule has 0 aliphatic carbocycles. The molecule has 0 spiro atoms. The molecule has 13 heavy (non-hydrogen) atoms. The van der Waals surface area contributed by atoms with Crippen LogP contribution in [0.4, 0.5) is 0 Å². The molecule has 0 saturated heterocycles. The Morgan fingerprint density at radius 2 is 0.692 bits per heavy atom. The summed E-state index contributed by atoms with van der Waals surface area (Å²) in [5, 5.41) is 27.9. The summed E-state index contributed by atoms with van der Waals surface area (Å²) in [4.78, 5) is 0. The number of hydrogen-bond acceptors (Lipinski definition) is 3. The van der Waals surface area contributed by atoms with E-state index in [1.165, 1.54) is 0 Å². The predicted octanol–water partition coefficient (Wildman–Crippen LogP) is -0.732. The average molecular weight is 280 g/mol. The molecule has 0 atom stereocenters. The van der Waals surface area contributed by atoms with Crippen molar-refractivity contribution in [2.24, 2.45) is 0 Å². The smallest absolute Gasteiger partial charge is 0.854 e. The molecule has 0 radical (unpaired) electrons. The first-order valence-electron chi connectivity index (χ1n) is 4.49. The van der Waals surface area contributed by atoms with Crippen molar-refractivity contribution in [1.29, 1.82) is 0 Å². The van der Waals surface area contributed by atoms with Gasteiger partial charge in [-0.3, -0.25) is 0 Å². The molecule has 0 rings (SSSR count). The van der Waals surface area contributed by atoms with Crippen molar-refractivity contribution in [3.8, 4) is 0 Å². The summed E-state index contributed by atoms with van der Waals surface area (Å²) < 4.78 is 0. The fourth-order valence-corrected chi connectivity index (χ4v) is 0. The van der Waals surface area contributed by atoms with Gasteiger partial charge < -0.3 is 15.3 Å². The van der Waals surface area contributed by atoms with Gasteiger partial charge in [-0.25, -0.2) is 0 Å². The topological polar surface area (TPSA) is 69.2 Å². The summed E-state index contributed by atoms with van der Waals surface area (Å²) in [5.74, 6) is 0. The minimum absolute atomic E-state index is 0. The van der Waals surface area contributed by atoms with E-state index in [9.17, 15) is 15.3 Å². The molecule has 0 aromatic heterocycles. The molecule has 0 saturated carbocycles. The van der Waals surface area contributed by atoms with Crippen molar-refractivity contribution in [2.75, 3.05) is 19.8 Å². The number of rotatable bonds is 3. The largest absolute Gasteiger partial charge is 3.00 e. The third kappa shape index (κ3) is 112. The minimum Gasteiger partial charge on any atom is -0.854 e. The van der Waals surface area contributed by atoms with Gasteiger partial charge in [0.2, 0.25) is 0 Å². The van der Waals surface area contributed by atoms with Gasteiger partial charge in [0.15, 0.2) is 0 Å². The first kappa shape index (κ1) is 23.4. The monoisotopic (exact) mass is 280 g/mol. The second-order valence-corrected chi connectivity index (χ2v) is 2.11. The minimum atomic E-state index is 0. The maximum Gasteiger partial charge on any atom is 3.00 e. The fourth-order valence-electron chi connectivity index (χ4n) is 0. The SMILES string of the molecule is CCC[O-].CCC[O-].CCC[O-].[Rh+3]. The second kappa shape index (κ2) is 39.1. The molecular weight excluding hydrogens is 259 g/mol. The molecule has 84 valence electrons. The zero-order chi connectivity index (χ0) is 10.2. The van der Waals surface area contributed by atoms with Gasteiger partial charge in [0, 0.05) is 0 Å². The van der Waals surface area contributed by atoms with Crippen molar-refractivity contribution < 1.29 is 34.8 Å². The van der Waals surface area contributed by atoms with Crippen LogP contribution >= 0.6 is 0 Å². The Kier molecular flexibility index (Phi) is 70.3. The standard InChI is InChI=1S/3C3H7O.Rh/c3*1-2-3-4;/h3*2-3H2,1H3;/q3*-1;+3. The van der Waals surface area contributed by atoms with Gasteiger partial charge in [-0.1, -0.05) is 40.0 Å². The van der Waals surface area contributed by atoms with Crippen molar-refractivity contribution in [2.45, 2.75) is 40.0 Å². The molecule has 3 nitrogen and oxygen atoms in total. The third-order valence-electron chi connectivity index (χ3n) is 0.612. The Morgan fingerprint density at radius 3 is 0.692 bits per heavy atom. The summed E-state index contributed by atoms with van der Waals surface area (Å²) in [7, 11) is 0. The van der Waals surface area contributed by atoms with E-state index in [0.717, 1.165) is 19.3 Å². The Balaban J connectivity index is -0.0000000450. The van der Waals surface area contributed by atoms with E-state index in [2.05, 4.69) is 0 Å². The summed E-state index contributed by atoms with van der Waals surface area (Å²) in [6, 6.07) is 0. The zero-order valence-corrected chi connectivity index (χ0v) is 10.4. The molecule has 0 unspecified atom stereocenters.